The molecule has 1 aromatic rings. The van der Waals surface area contributed by atoms with Gasteiger partial charge in [-0.25, -0.2) is 9.89 Å². The van der Waals surface area contributed by atoms with Crippen LogP contribution in [0.25, 0.3) is 0 Å². The number of H-pyrrole nitrogens is 1. The van der Waals surface area contributed by atoms with Crippen LogP contribution in [0.3, 0.4) is 0 Å². The van der Waals surface area contributed by atoms with Gasteiger partial charge in [-0.2, -0.15) is 0 Å². The van der Waals surface area contributed by atoms with Crippen molar-refractivity contribution in [3.05, 3.63) is 22.6 Å². The van der Waals surface area contributed by atoms with Crippen LogP contribution < -0.4 is 11.0 Å². The Balaban J connectivity index is 2.45. The fourth-order valence-corrected chi connectivity index (χ4v) is 2.21. The third-order valence-corrected chi connectivity index (χ3v) is 3.44. The molecule has 0 saturated heterocycles. The first kappa shape index (κ1) is 15.0. The van der Waals surface area contributed by atoms with Crippen LogP contribution in [-0.2, 0) is 6.54 Å². The van der Waals surface area contributed by atoms with Gasteiger partial charge < -0.3 is 5.32 Å². The van der Waals surface area contributed by atoms with Crippen LogP contribution in [-0.4, -0.2) is 32.6 Å². The van der Waals surface area contributed by atoms with Gasteiger partial charge in [0, 0.05) is 24.4 Å². The minimum atomic E-state index is -0.154. The normalized spacial score (nSPS) is 11.8. The van der Waals surface area contributed by atoms with Gasteiger partial charge in [-0.15, -0.1) is 5.10 Å². The Morgan fingerprint density at radius 2 is 2.22 bits per heavy atom. The van der Waals surface area contributed by atoms with Crippen LogP contribution in [0.4, 0.5) is 0 Å². The van der Waals surface area contributed by atoms with Gasteiger partial charge in [-0.1, -0.05) is 23.9 Å². The van der Waals surface area contributed by atoms with E-state index in [2.05, 4.69) is 42.9 Å². The first-order valence-electron chi connectivity index (χ1n) is 6.03. The molecule has 0 amide bonds. The van der Waals surface area contributed by atoms with Crippen LogP contribution >= 0.6 is 11.8 Å². The number of rotatable bonds is 6. The molecular formula is C12H22N4OS. The van der Waals surface area contributed by atoms with Crippen LogP contribution in [0.15, 0.2) is 22.1 Å². The molecule has 1 aromatic heterocycles. The van der Waals surface area contributed by atoms with Crippen LogP contribution in [0, 0.1) is 0 Å². The minimum absolute atomic E-state index is 0.0887. The average Bonchev–Trinajstić information content (AvgIpc) is 2.63. The summed E-state index contributed by atoms with van der Waals surface area (Å²) < 4.78 is 1.62. The molecule has 102 valence electrons. The number of nitrogens with zero attached hydrogens (tertiary/aromatic N) is 2. The van der Waals surface area contributed by atoms with E-state index in [1.807, 2.05) is 6.92 Å². The lowest BCUT2D eigenvalue weighted by Gasteiger charge is -2.21. The van der Waals surface area contributed by atoms with Crippen molar-refractivity contribution in [2.45, 2.75) is 44.9 Å². The van der Waals surface area contributed by atoms with Crippen molar-refractivity contribution in [3.63, 3.8) is 0 Å². The Hall–Kier alpha value is -1.01. The minimum Gasteiger partial charge on any atom is -0.308 e. The van der Waals surface area contributed by atoms with Crippen molar-refractivity contribution in [1.29, 1.82) is 0 Å². The smallest absolute Gasteiger partial charge is 0.308 e. The van der Waals surface area contributed by atoms with E-state index < -0.39 is 0 Å². The van der Waals surface area contributed by atoms with Gasteiger partial charge in [0.15, 0.2) is 5.16 Å². The standard InChI is InChI=1S/C12H22N4OS/c1-6-16-10(17)14-15-11(16)18-8-9(2)7-13-12(3,4)5/h13H,2,6-8H2,1,3-5H3,(H,14,17). The van der Waals surface area contributed by atoms with Gasteiger partial charge in [0.2, 0.25) is 0 Å². The zero-order valence-corrected chi connectivity index (χ0v) is 12.4. The van der Waals surface area contributed by atoms with E-state index in [1.165, 1.54) is 11.8 Å². The molecule has 1 heterocycles. The van der Waals surface area contributed by atoms with E-state index in [-0.39, 0.29) is 11.2 Å². The second kappa shape index (κ2) is 6.24. The summed E-state index contributed by atoms with van der Waals surface area (Å²) in [7, 11) is 0. The van der Waals surface area contributed by atoms with Gasteiger partial charge in [0.05, 0.1) is 0 Å². The van der Waals surface area contributed by atoms with Gasteiger partial charge in [-0.05, 0) is 27.7 Å². The Morgan fingerprint density at radius 1 is 1.56 bits per heavy atom. The number of thioether (sulfide) groups is 1. The van der Waals surface area contributed by atoms with Crippen molar-refractivity contribution in [2.75, 3.05) is 12.3 Å². The van der Waals surface area contributed by atoms with E-state index in [4.69, 9.17) is 0 Å². The molecule has 0 unspecified atom stereocenters. The number of aromatic nitrogens is 3. The topological polar surface area (TPSA) is 62.7 Å². The number of aromatic amines is 1. The molecule has 18 heavy (non-hydrogen) atoms. The summed E-state index contributed by atoms with van der Waals surface area (Å²) in [6, 6.07) is 0. The van der Waals surface area contributed by atoms with Gasteiger partial charge in [0.25, 0.3) is 0 Å². The first-order chi connectivity index (χ1) is 8.33. The van der Waals surface area contributed by atoms with Crippen molar-refractivity contribution in [3.8, 4) is 0 Å². The lowest BCUT2D eigenvalue weighted by atomic mass is 10.1. The number of hydrogen-bond donors (Lipinski definition) is 2. The fraction of sp³-hybridized carbons (Fsp3) is 0.667. The van der Waals surface area contributed by atoms with Crippen LogP contribution in [0.2, 0.25) is 0 Å². The molecule has 0 aliphatic rings. The number of nitrogens with one attached hydrogen (secondary N) is 2. The van der Waals surface area contributed by atoms with E-state index >= 15 is 0 Å². The van der Waals surface area contributed by atoms with E-state index in [1.54, 1.807) is 4.57 Å². The quantitative estimate of drug-likeness (QED) is 0.609. The molecule has 0 radical (unpaired) electrons. The maximum Gasteiger partial charge on any atom is 0.343 e. The summed E-state index contributed by atoms with van der Waals surface area (Å²) >= 11 is 1.53. The molecule has 0 atom stereocenters. The zero-order chi connectivity index (χ0) is 13.8. The summed E-state index contributed by atoms with van der Waals surface area (Å²) in [5, 5.41) is 10.6. The lowest BCUT2D eigenvalue weighted by Crippen LogP contribution is -2.37. The second-order valence-corrected chi connectivity index (χ2v) is 6.14. The maximum atomic E-state index is 11.4. The molecule has 0 aliphatic heterocycles. The summed E-state index contributed by atoms with van der Waals surface area (Å²) in [4.78, 5) is 11.4. The third kappa shape index (κ3) is 4.70. The molecule has 0 fully saturated rings. The highest BCUT2D eigenvalue weighted by atomic mass is 32.2. The Labute approximate surface area is 112 Å². The van der Waals surface area contributed by atoms with Crippen molar-refractivity contribution in [2.24, 2.45) is 0 Å². The Kier molecular flexibility index (Phi) is 5.22. The number of hydrogen-bond acceptors (Lipinski definition) is 4. The van der Waals surface area contributed by atoms with Crippen LogP contribution in [0.5, 0.6) is 0 Å². The Bertz CT molecular complexity index is 455. The van der Waals surface area contributed by atoms with Gasteiger partial charge in [0.1, 0.15) is 0 Å². The third-order valence-electron chi connectivity index (χ3n) is 2.31. The molecule has 0 aromatic carbocycles. The molecule has 6 heteroatoms. The SMILES string of the molecule is C=C(CNC(C)(C)C)CSc1n[nH]c(=O)n1CC. The second-order valence-electron chi connectivity index (χ2n) is 5.20. The molecule has 0 saturated carbocycles. The van der Waals surface area contributed by atoms with Crippen molar-refractivity contribution < 1.29 is 0 Å². The molecule has 2 N–H and O–H groups in total. The molecule has 0 aliphatic carbocycles. The maximum absolute atomic E-state index is 11.4. The van der Waals surface area contributed by atoms with E-state index in [9.17, 15) is 4.79 Å². The summed E-state index contributed by atoms with van der Waals surface area (Å²) in [6.07, 6.45) is 0. The zero-order valence-electron chi connectivity index (χ0n) is 11.5. The summed E-state index contributed by atoms with van der Waals surface area (Å²) in [6.45, 7) is 13.7. The predicted octanol–water partition coefficient (Wildman–Crippen LogP) is 1.63. The highest BCUT2D eigenvalue weighted by Gasteiger charge is 2.10. The molecule has 5 nitrogen and oxygen atoms in total. The van der Waals surface area contributed by atoms with Gasteiger partial charge in [-0.3, -0.25) is 4.57 Å². The lowest BCUT2D eigenvalue weighted by molar-refractivity contribution is 0.445. The monoisotopic (exact) mass is 270 g/mol. The molecule has 0 spiro atoms. The average molecular weight is 270 g/mol. The molecule has 0 bridgehead atoms. The van der Waals surface area contributed by atoms with E-state index in [0.717, 1.165) is 23.0 Å². The fourth-order valence-electron chi connectivity index (χ4n) is 1.30. The first-order valence-corrected chi connectivity index (χ1v) is 7.01. The van der Waals surface area contributed by atoms with Crippen LogP contribution in [0.1, 0.15) is 27.7 Å². The highest BCUT2D eigenvalue weighted by Crippen LogP contribution is 2.16. The molecular weight excluding hydrogens is 248 g/mol. The predicted molar refractivity (Wildman–Crippen MR) is 76.1 cm³/mol. The highest BCUT2D eigenvalue weighted by molar-refractivity contribution is 7.99. The summed E-state index contributed by atoms with van der Waals surface area (Å²) in [5.74, 6) is 0.757. The van der Waals surface area contributed by atoms with Gasteiger partial charge >= 0.3 is 5.69 Å². The summed E-state index contributed by atoms with van der Waals surface area (Å²) in [5.41, 5.74) is 1.03. The van der Waals surface area contributed by atoms with Crippen molar-refractivity contribution >= 4 is 11.8 Å². The van der Waals surface area contributed by atoms with E-state index in [0.29, 0.717) is 6.54 Å². The van der Waals surface area contributed by atoms with Crippen molar-refractivity contribution in [1.82, 2.24) is 20.1 Å². The largest absolute Gasteiger partial charge is 0.343 e. The Morgan fingerprint density at radius 3 is 2.78 bits per heavy atom. The molecule has 1 rings (SSSR count).